The summed E-state index contributed by atoms with van der Waals surface area (Å²) in [5.74, 6) is 0.779. The summed E-state index contributed by atoms with van der Waals surface area (Å²) < 4.78 is 78.8. The van der Waals surface area contributed by atoms with E-state index < -0.39 is 32.5 Å². The number of hydrogen-bond acceptors (Lipinski definition) is 10. The summed E-state index contributed by atoms with van der Waals surface area (Å²) in [6.45, 7) is -0.672. The number of carbonyl (C=O) groups excluding carboxylic acids is 1. The summed E-state index contributed by atoms with van der Waals surface area (Å²) in [7, 11) is -3.98. The van der Waals surface area contributed by atoms with E-state index in [2.05, 4.69) is 10.5 Å². The number of nitrogens with one attached hydrogen (secondary N) is 1. The number of carbonyl (C=O) groups is 1. The van der Waals surface area contributed by atoms with Crippen LogP contribution in [0.2, 0.25) is 5.02 Å². The highest BCUT2D eigenvalue weighted by atomic mass is 35.5. The van der Waals surface area contributed by atoms with Crippen LogP contribution in [0.5, 0.6) is 17.2 Å². The normalized spacial score (nSPS) is 11.8. The number of anilines is 1. The third-order valence-corrected chi connectivity index (χ3v) is 11.5. The van der Waals surface area contributed by atoms with E-state index in [1.165, 1.54) is 86.4 Å². The van der Waals surface area contributed by atoms with E-state index in [1.807, 2.05) is 30.3 Å². The largest absolute Gasteiger partial charge is 0.497 e. The van der Waals surface area contributed by atoms with E-state index in [1.54, 1.807) is 24.3 Å². The highest BCUT2D eigenvalue weighted by molar-refractivity contribution is 7.92. The lowest BCUT2D eigenvalue weighted by molar-refractivity contribution is -0.119. The van der Waals surface area contributed by atoms with Gasteiger partial charge in [0.15, 0.2) is 11.5 Å². The van der Waals surface area contributed by atoms with Crippen LogP contribution < -0.4 is 23.9 Å². The molecular weight excluding hydrogens is 732 g/mol. The van der Waals surface area contributed by atoms with E-state index in [9.17, 15) is 21.6 Å². The molecule has 13 nitrogen and oxygen atoms in total. The van der Waals surface area contributed by atoms with Crippen molar-refractivity contribution in [3.8, 4) is 17.2 Å². The standard InChI is InChI=1S/C36H35ClN4O9S2/c1-47-29-13-11-28(12-14-29)41(52(45,46)33-19-20-34(48-2)35(21-33)49-3)25-36(42)39-38-22-30-15-16-31(50-30)24-40(23-26-7-5-4-6-8-26)51(43,44)32-17-9-27(37)10-18-32/h4-22H,23-25H2,1-3H3,(H,39,42)/b38-22-. The summed E-state index contributed by atoms with van der Waals surface area (Å²) in [4.78, 5) is 13.1. The predicted molar refractivity (Wildman–Crippen MR) is 196 cm³/mol. The highest BCUT2D eigenvalue weighted by Crippen LogP contribution is 2.33. The van der Waals surface area contributed by atoms with E-state index >= 15 is 0 Å². The zero-order chi connectivity index (χ0) is 37.3. The maximum atomic E-state index is 13.9. The highest BCUT2D eigenvalue weighted by Gasteiger charge is 2.29. The van der Waals surface area contributed by atoms with Crippen molar-refractivity contribution in [1.82, 2.24) is 9.73 Å². The number of hydrogen-bond donors (Lipinski definition) is 1. The maximum absolute atomic E-state index is 13.9. The van der Waals surface area contributed by atoms with Crippen LogP contribution >= 0.6 is 11.6 Å². The van der Waals surface area contributed by atoms with Gasteiger partial charge in [-0.25, -0.2) is 22.3 Å². The van der Waals surface area contributed by atoms with Crippen LogP contribution in [0.4, 0.5) is 5.69 Å². The van der Waals surface area contributed by atoms with Crippen LogP contribution in [-0.4, -0.2) is 61.1 Å². The number of sulfonamides is 2. The fourth-order valence-corrected chi connectivity index (χ4v) is 7.95. The number of amides is 1. The summed E-state index contributed by atoms with van der Waals surface area (Å²) in [5.41, 5.74) is 3.29. The number of rotatable bonds is 16. The average Bonchev–Trinajstić information content (AvgIpc) is 3.60. The lowest BCUT2D eigenvalue weighted by Crippen LogP contribution is -2.39. The molecule has 0 spiro atoms. The summed E-state index contributed by atoms with van der Waals surface area (Å²) in [6.07, 6.45) is 1.22. The van der Waals surface area contributed by atoms with Gasteiger partial charge in [-0.1, -0.05) is 41.9 Å². The lowest BCUT2D eigenvalue weighted by atomic mass is 10.2. The molecule has 1 aromatic heterocycles. The van der Waals surface area contributed by atoms with Gasteiger partial charge in [0, 0.05) is 17.6 Å². The third-order valence-electron chi connectivity index (χ3n) is 7.64. The molecule has 272 valence electrons. The minimum atomic E-state index is -4.30. The SMILES string of the molecule is COc1ccc(N(CC(=O)N/N=C\c2ccc(CN(Cc3ccccc3)S(=O)(=O)c3ccc(Cl)cc3)o2)S(=O)(=O)c2ccc(OC)c(OC)c2)cc1. The number of ether oxygens (including phenoxy) is 3. The predicted octanol–water partition coefficient (Wildman–Crippen LogP) is 5.70. The fraction of sp³-hybridized carbons (Fsp3) is 0.167. The number of furan rings is 1. The molecule has 1 N–H and O–H groups in total. The number of nitrogens with zero attached hydrogens (tertiary/aromatic N) is 3. The molecule has 0 saturated carbocycles. The first-order valence-electron chi connectivity index (χ1n) is 15.5. The quantitative estimate of drug-likeness (QED) is 0.0984. The van der Waals surface area contributed by atoms with Crippen LogP contribution in [0.3, 0.4) is 0 Å². The Balaban J connectivity index is 1.32. The van der Waals surface area contributed by atoms with Crippen molar-refractivity contribution in [1.29, 1.82) is 0 Å². The molecule has 1 heterocycles. The van der Waals surface area contributed by atoms with Crippen LogP contribution in [0.15, 0.2) is 129 Å². The van der Waals surface area contributed by atoms with Gasteiger partial charge in [0.25, 0.3) is 15.9 Å². The van der Waals surface area contributed by atoms with Gasteiger partial charge in [0.2, 0.25) is 10.0 Å². The third kappa shape index (κ3) is 9.11. The average molecular weight is 767 g/mol. The molecule has 52 heavy (non-hydrogen) atoms. The van der Waals surface area contributed by atoms with Crippen molar-refractivity contribution in [2.75, 3.05) is 32.2 Å². The van der Waals surface area contributed by atoms with Gasteiger partial charge in [-0.2, -0.15) is 9.41 Å². The minimum absolute atomic E-state index is 0.0701. The Morgan fingerprint density at radius 1 is 0.769 bits per heavy atom. The van der Waals surface area contributed by atoms with Gasteiger partial charge in [-0.05, 0) is 78.4 Å². The fourth-order valence-electron chi connectivity index (χ4n) is 4.99. The van der Waals surface area contributed by atoms with Gasteiger partial charge in [-0.15, -0.1) is 0 Å². The topological polar surface area (TPSA) is 157 Å². The maximum Gasteiger partial charge on any atom is 0.264 e. The number of methoxy groups -OCH3 is 3. The van der Waals surface area contributed by atoms with Crippen molar-refractivity contribution in [2.24, 2.45) is 5.10 Å². The molecular formula is C36H35ClN4O9S2. The molecule has 0 fully saturated rings. The Kier molecular flexibility index (Phi) is 12.2. The molecule has 16 heteroatoms. The van der Waals surface area contributed by atoms with E-state index in [0.29, 0.717) is 22.3 Å². The first kappa shape index (κ1) is 37.9. The Morgan fingerprint density at radius 2 is 1.44 bits per heavy atom. The Morgan fingerprint density at radius 3 is 2.10 bits per heavy atom. The smallest absolute Gasteiger partial charge is 0.264 e. The molecule has 0 unspecified atom stereocenters. The van der Waals surface area contributed by atoms with Crippen LogP contribution in [0, 0.1) is 0 Å². The monoisotopic (exact) mass is 766 g/mol. The Hall–Kier alpha value is -5.35. The molecule has 0 bridgehead atoms. The molecule has 0 aliphatic heterocycles. The molecule has 5 aromatic rings. The van der Waals surface area contributed by atoms with Gasteiger partial charge >= 0.3 is 0 Å². The molecule has 0 saturated heterocycles. The van der Waals surface area contributed by atoms with Crippen molar-refractivity contribution < 1.29 is 40.3 Å². The van der Waals surface area contributed by atoms with Crippen molar-refractivity contribution in [3.63, 3.8) is 0 Å². The Bertz CT molecular complexity index is 2230. The van der Waals surface area contributed by atoms with Gasteiger partial charge in [0.05, 0.1) is 49.6 Å². The number of hydrazone groups is 1. The zero-order valence-electron chi connectivity index (χ0n) is 28.3. The first-order valence-corrected chi connectivity index (χ1v) is 18.8. The van der Waals surface area contributed by atoms with Gasteiger partial charge in [-0.3, -0.25) is 9.10 Å². The molecule has 0 radical (unpaired) electrons. The minimum Gasteiger partial charge on any atom is -0.497 e. The van der Waals surface area contributed by atoms with Gasteiger partial charge in [0.1, 0.15) is 23.8 Å². The summed E-state index contributed by atoms with van der Waals surface area (Å²) in [5, 5.41) is 4.35. The number of halogens is 1. The molecule has 5 rings (SSSR count). The van der Waals surface area contributed by atoms with Crippen molar-refractivity contribution in [2.45, 2.75) is 22.9 Å². The lowest BCUT2D eigenvalue weighted by Gasteiger charge is -2.24. The van der Waals surface area contributed by atoms with Crippen molar-refractivity contribution >= 4 is 49.5 Å². The molecule has 0 aliphatic rings. The number of benzene rings is 4. The van der Waals surface area contributed by atoms with Gasteiger partial charge < -0.3 is 18.6 Å². The van der Waals surface area contributed by atoms with Crippen LogP contribution in [-0.2, 0) is 37.9 Å². The molecule has 4 aromatic carbocycles. The molecule has 0 aliphatic carbocycles. The van der Waals surface area contributed by atoms with E-state index in [4.69, 9.17) is 30.2 Å². The zero-order valence-corrected chi connectivity index (χ0v) is 30.7. The molecule has 0 atom stereocenters. The van der Waals surface area contributed by atoms with Crippen LogP contribution in [0.25, 0.3) is 0 Å². The molecule has 1 amide bonds. The second-order valence-electron chi connectivity index (χ2n) is 11.0. The Labute approximate surface area is 307 Å². The summed E-state index contributed by atoms with van der Waals surface area (Å²) >= 11 is 5.99. The second kappa shape index (κ2) is 16.8. The van der Waals surface area contributed by atoms with E-state index in [0.717, 1.165) is 9.87 Å². The summed E-state index contributed by atoms with van der Waals surface area (Å²) in [6, 6.07) is 28.4. The second-order valence-corrected chi connectivity index (χ2v) is 15.3. The van der Waals surface area contributed by atoms with E-state index in [-0.39, 0.29) is 40.1 Å². The van der Waals surface area contributed by atoms with Crippen molar-refractivity contribution in [3.05, 3.63) is 131 Å². The van der Waals surface area contributed by atoms with Crippen LogP contribution in [0.1, 0.15) is 17.1 Å². The first-order chi connectivity index (χ1) is 24.9.